The summed E-state index contributed by atoms with van der Waals surface area (Å²) in [5.74, 6) is 3.36. The number of carbonyl (C=O) groups is 1. The number of ether oxygens (including phenoxy) is 2. The van der Waals surface area contributed by atoms with E-state index in [9.17, 15) is 13.2 Å². The zero-order chi connectivity index (χ0) is 24.3. The molecule has 1 aliphatic rings. The Balaban J connectivity index is 1.67. The normalized spacial score (nSPS) is 13.5. The predicted octanol–water partition coefficient (Wildman–Crippen LogP) is 3.62. The van der Waals surface area contributed by atoms with Gasteiger partial charge in [-0.1, -0.05) is 31.1 Å². The molecular weight excluding hydrogens is 474 g/mol. The van der Waals surface area contributed by atoms with Gasteiger partial charge in [-0.05, 0) is 37.1 Å². The number of hydrogen-bond acceptors (Lipinski definition) is 6. The number of rotatable bonds is 8. The van der Waals surface area contributed by atoms with Crippen LogP contribution >= 0.6 is 11.3 Å². The molecule has 2 heterocycles. The van der Waals surface area contributed by atoms with Crippen LogP contribution in [-0.4, -0.2) is 43.1 Å². The maximum absolute atomic E-state index is 13.0. The fourth-order valence-electron chi connectivity index (χ4n) is 3.71. The molecule has 0 radical (unpaired) electrons. The van der Waals surface area contributed by atoms with E-state index in [2.05, 4.69) is 10.9 Å². The Labute approximate surface area is 202 Å². The molecule has 0 spiro atoms. The summed E-state index contributed by atoms with van der Waals surface area (Å²) in [5, 5.41) is 0. The summed E-state index contributed by atoms with van der Waals surface area (Å²) >= 11 is 1.32. The van der Waals surface area contributed by atoms with Crippen molar-refractivity contribution in [2.45, 2.75) is 38.1 Å². The molecule has 0 saturated carbocycles. The molecule has 0 unspecified atom stereocenters. The predicted molar refractivity (Wildman–Crippen MR) is 130 cm³/mol. The first-order chi connectivity index (χ1) is 16.4. The Hall–Kier alpha value is -3.13. The average Bonchev–Trinajstić information content (AvgIpc) is 3.41. The van der Waals surface area contributed by atoms with Crippen LogP contribution in [0.1, 0.15) is 37.0 Å². The highest BCUT2D eigenvalue weighted by Gasteiger charge is 2.23. The smallest absolute Gasteiger partial charge is 0.279 e. The molecule has 34 heavy (non-hydrogen) atoms. The number of terminal acetylenes is 1. The van der Waals surface area contributed by atoms with Gasteiger partial charge < -0.3 is 14.0 Å². The fraction of sp³-hybridized carbons (Fsp3) is 0.333. The molecule has 10 heteroatoms. The summed E-state index contributed by atoms with van der Waals surface area (Å²) in [6.07, 6.45) is 7.00. The zero-order valence-corrected chi connectivity index (χ0v) is 20.6. The average molecular weight is 500 g/mol. The largest absolute Gasteiger partial charge is 0.454 e. The summed E-state index contributed by atoms with van der Waals surface area (Å²) in [4.78, 5) is 17.8. The number of thiazole rings is 1. The first-order valence-electron chi connectivity index (χ1n) is 10.9. The molecule has 0 bridgehead atoms. The first kappa shape index (κ1) is 24.0. The van der Waals surface area contributed by atoms with E-state index < -0.39 is 15.9 Å². The van der Waals surface area contributed by atoms with Crippen LogP contribution < -0.4 is 14.3 Å². The van der Waals surface area contributed by atoms with Crippen molar-refractivity contribution in [1.82, 2.24) is 8.87 Å². The molecule has 0 atom stereocenters. The lowest BCUT2D eigenvalue weighted by Crippen LogP contribution is -2.32. The van der Waals surface area contributed by atoms with Crippen molar-refractivity contribution in [3.63, 3.8) is 0 Å². The lowest BCUT2D eigenvalue weighted by Gasteiger charge is -2.21. The third kappa shape index (κ3) is 4.59. The molecule has 0 saturated heterocycles. The number of carbonyl (C=O) groups excluding carboxylic acids is 1. The van der Waals surface area contributed by atoms with Crippen molar-refractivity contribution in [3.05, 3.63) is 46.8 Å². The van der Waals surface area contributed by atoms with E-state index in [1.807, 2.05) is 26.0 Å². The lowest BCUT2D eigenvalue weighted by atomic mass is 10.2. The van der Waals surface area contributed by atoms with Crippen LogP contribution in [0.4, 0.5) is 0 Å². The number of fused-ring (bicyclic) bond motifs is 2. The van der Waals surface area contributed by atoms with Crippen LogP contribution in [0.2, 0.25) is 0 Å². The minimum absolute atomic E-state index is 0.157. The number of hydrogen-bond donors (Lipinski definition) is 0. The van der Waals surface area contributed by atoms with Crippen molar-refractivity contribution < 1.29 is 22.7 Å². The number of amides is 1. The van der Waals surface area contributed by atoms with E-state index in [-0.39, 0.29) is 23.8 Å². The third-order valence-corrected chi connectivity index (χ3v) is 8.26. The van der Waals surface area contributed by atoms with Crippen LogP contribution in [0.3, 0.4) is 0 Å². The van der Waals surface area contributed by atoms with Crippen molar-refractivity contribution >= 4 is 37.5 Å². The quantitative estimate of drug-likeness (QED) is 0.442. The molecule has 2 aromatic carbocycles. The monoisotopic (exact) mass is 499 g/mol. The summed E-state index contributed by atoms with van der Waals surface area (Å²) in [6, 6.07) is 9.56. The van der Waals surface area contributed by atoms with E-state index in [1.165, 1.54) is 39.9 Å². The minimum atomic E-state index is -3.62. The molecule has 1 aliphatic heterocycles. The second-order valence-electron chi connectivity index (χ2n) is 7.69. The van der Waals surface area contributed by atoms with Gasteiger partial charge in [0.05, 0.1) is 21.7 Å². The van der Waals surface area contributed by atoms with Crippen LogP contribution in [0.15, 0.2) is 46.3 Å². The molecule has 1 amide bonds. The number of aromatic nitrogens is 1. The summed E-state index contributed by atoms with van der Waals surface area (Å²) in [7, 11) is -3.62. The highest BCUT2D eigenvalue weighted by atomic mass is 32.2. The Kier molecular flexibility index (Phi) is 7.07. The highest BCUT2D eigenvalue weighted by molar-refractivity contribution is 7.89. The van der Waals surface area contributed by atoms with E-state index >= 15 is 0 Å². The molecule has 178 valence electrons. The maximum atomic E-state index is 13.0. The SMILES string of the molecule is C#CCn1c(=NC(=O)c2ccc(S(=O)(=O)N(CCC)CCC)cc2)sc2cc3c(cc21)OCO3. The zero-order valence-electron chi connectivity index (χ0n) is 19.0. The van der Waals surface area contributed by atoms with Crippen LogP contribution in [0.5, 0.6) is 11.5 Å². The van der Waals surface area contributed by atoms with Crippen molar-refractivity contribution in [1.29, 1.82) is 0 Å². The number of sulfonamides is 1. The van der Waals surface area contributed by atoms with Gasteiger partial charge in [-0.3, -0.25) is 4.79 Å². The molecule has 0 fully saturated rings. The van der Waals surface area contributed by atoms with E-state index in [1.54, 1.807) is 4.57 Å². The maximum Gasteiger partial charge on any atom is 0.279 e. The van der Waals surface area contributed by atoms with Gasteiger partial charge >= 0.3 is 0 Å². The first-order valence-corrected chi connectivity index (χ1v) is 13.2. The Morgan fingerprint density at radius 3 is 2.41 bits per heavy atom. The van der Waals surface area contributed by atoms with E-state index in [4.69, 9.17) is 15.9 Å². The van der Waals surface area contributed by atoms with Gasteiger partial charge in [0.2, 0.25) is 16.8 Å². The van der Waals surface area contributed by atoms with Crippen LogP contribution in [0.25, 0.3) is 10.2 Å². The number of nitrogens with zero attached hydrogens (tertiary/aromatic N) is 3. The Morgan fingerprint density at radius 2 is 1.79 bits per heavy atom. The van der Waals surface area contributed by atoms with Gasteiger partial charge in [-0.2, -0.15) is 9.30 Å². The number of benzene rings is 2. The van der Waals surface area contributed by atoms with E-state index in [0.29, 0.717) is 29.4 Å². The Bertz CT molecular complexity index is 1420. The van der Waals surface area contributed by atoms with Crippen molar-refractivity contribution in [2.24, 2.45) is 4.99 Å². The lowest BCUT2D eigenvalue weighted by molar-refractivity contribution is 0.0997. The summed E-state index contributed by atoms with van der Waals surface area (Å²) in [5.41, 5.74) is 1.09. The summed E-state index contributed by atoms with van der Waals surface area (Å²) < 4.78 is 40.9. The standard InChI is InChI=1S/C24H25N3O5S2/c1-4-11-26(12-5-2)34(29,30)18-9-7-17(8-10-18)23(28)25-24-27(13-6-3)19-14-20-21(32-16-31-20)15-22(19)33-24/h3,7-10,14-15H,4-5,11-13,16H2,1-2H3. The molecule has 3 aromatic rings. The highest BCUT2D eigenvalue weighted by Crippen LogP contribution is 2.37. The fourth-order valence-corrected chi connectivity index (χ4v) is 6.37. The van der Waals surface area contributed by atoms with Gasteiger partial charge in [-0.25, -0.2) is 8.42 Å². The molecule has 8 nitrogen and oxygen atoms in total. The molecule has 0 aliphatic carbocycles. The van der Waals surface area contributed by atoms with Gasteiger partial charge in [0.1, 0.15) is 0 Å². The molecule has 1 aromatic heterocycles. The molecule has 0 N–H and O–H groups in total. The second-order valence-corrected chi connectivity index (χ2v) is 10.6. The minimum Gasteiger partial charge on any atom is -0.454 e. The summed E-state index contributed by atoms with van der Waals surface area (Å²) in [6.45, 7) is 5.18. The molecule has 4 rings (SSSR count). The topological polar surface area (TPSA) is 90.2 Å². The molecular formula is C24H25N3O5S2. The second kappa shape index (κ2) is 10.0. The van der Waals surface area contributed by atoms with E-state index in [0.717, 1.165) is 23.1 Å². The van der Waals surface area contributed by atoms with Gasteiger partial charge in [-0.15, -0.1) is 6.42 Å². The van der Waals surface area contributed by atoms with Gasteiger partial charge in [0.25, 0.3) is 5.91 Å². The van der Waals surface area contributed by atoms with Crippen molar-refractivity contribution in [3.8, 4) is 23.8 Å². The Morgan fingerprint density at radius 1 is 1.15 bits per heavy atom. The van der Waals surface area contributed by atoms with Gasteiger partial charge in [0, 0.05) is 30.8 Å². The van der Waals surface area contributed by atoms with Crippen molar-refractivity contribution in [2.75, 3.05) is 19.9 Å². The van der Waals surface area contributed by atoms with Crippen LogP contribution in [-0.2, 0) is 16.6 Å². The third-order valence-electron chi connectivity index (χ3n) is 5.31. The van der Waals surface area contributed by atoms with Crippen LogP contribution in [0, 0.1) is 12.3 Å². The van der Waals surface area contributed by atoms with Gasteiger partial charge in [0.15, 0.2) is 16.3 Å².